The Morgan fingerprint density at radius 1 is 1.57 bits per heavy atom. The average molecular weight is 196 g/mol. The summed E-state index contributed by atoms with van der Waals surface area (Å²) in [5.41, 5.74) is -0.812. The average Bonchev–Trinajstić information content (AvgIpc) is 2.13. The van der Waals surface area contributed by atoms with Gasteiger partial charge in [0, 0.05) is 26.4 Å². The Balaban J connectivity index is 3.26. The van der Waals surface area contributed by atoms with Crippen LogP contribution in [-0.4, -0.2) is 22.8 Å². The number of nitrogens with one attached hydrogen (secondary N) is 1. The number of aromatic nitrogens is 2. The highest BCUT2D eigenvalue weighted by Crippen LogP contribution is 2.01. The van der Waals surface area contributed by atoms with Crippen LogP contribution >= 0.6 is 0 Å². The minimum Gasteiger partial charge on any atom is -0.292 e. The Bertz CT molecular complexity index is 426. The van der Waals surface area contributed by atoms with Crippen molar-refractivity contribution in [1.82, 2.24) is 9.55 Å². The van der Waals surface area contributed by atoms with Crippen LogP contribution in [0.1, 0.15) is 6.92 Å². The molecule has 0 aliphatic rings. The van der Waals surface area contributed by atoms with Crippen LogP contribution in [0.5, 0.6) is 0 Å². The van der Waals surface area contributed by atoms with Gasteiger partial charge in [-0.2, -0.15) is 5.10 Å². The Kier molecular flexibility index (Phi) is 2.85. The summed E-state index contributed by atoms with van der Waals surface area (Å²) in [7, 11) is 3.05. The summed E-state index contributed by atoms with van der Waals surface area (Å²) in [4.78, 5) is 25.0. The van der Waals surface area contributed by atoms with E-state index in [4.69, 9.17) is 0 Å². The number of anilines is 1. The molecule has 0 amide bonds. The molecule has 0 aliphatic heterocycles. The van der Waals surface area contributed by atoms with E-state index in [1.807, 2.05) is 0 Å². The smallest absolute Gasteiger partial charge is 0.292 e. The van der Waals surface area contributed by atoms with Crippen LogP contribution in [0.15, 0.2) is 20.8 Å². The van der Waals surface area contributed by atoms with Gasteiger partial charge in [0.05, 0.1) is 0 Å². The lowest BCUT2D eigenvalue weighted by molar-refractivity contribution is 0.766. The van der Waals surface area contributed by atoms with E-state index in [1.54, 1.807) is 20.2 Å². The molecule has 0 unspecified atom stereocenters. The van der Waals surface area contributed by atoms with Crippen molar-refractivity contribution in [2.75, 3.05) is 12.1 Å². The van der Waals surface area contributed by atoms with Crippen molar-refractivity contribution in [2.24, 2.45) is 12.1 Å². The monoisotopic (exact) mass is 196 g/mol. The molecule has 1 aromatic heterocycles. The first kappa shape index (κ1) is 10.2. The van der Waals surface area contributed by atoms with Gasteiger partial charge < -0.3 is 0 Å². The second-order valence-corrected chi connectivity index (χ2v) is 2.75. The Morgan fingerprint density at radius 3 is 2.71 bits per heavy atom. The van der Waals surface area contributed by atoms with Crippen molar-refractivity contribution in [3.8, 4) is 0 Å². The molecule has 6 nitrogen and oxygen atoms in total. The zero-order valence-electron chi connectivity index (χ0n) is 8.31. The van der Waals surface area contributed by atoms with Crippen LogP contribution in [0.25, 0.3) is 0 Å². The van der Waals surface area contributed by atoms with Crippen molar-refractivity contribution >= 4 is 12.0 Å². The molecule has 0 spiro atoms. The summed E-state index contributed by atoms with van der Waals surface area (Å²) < 4.78 is 0.993. The number of aromatic amines is 1. The second kappa shape index (κ2) is 3.91. The van der Waals surface area contributed by atoms with Crippen LogP contribution in [0.3, 0.4) is 0 Å². The van der Waals surface area contributed by atoms with Gasteiger partial charge in [-0.15, -0.1) is 0 Å². The van der Waals surface area contributed by atoms with Crippen molar-refractivity contribution in [3.05, 3.63) is 26.9 Å². The number of hydrogen-bond donors (Lipinski definition) is 1. The summed E-state index contributed by atoms with van der Waals surface area (Å²) in [6.07, 6.45) is 1.57. The minimum atomic E-state index is -0.453. The fourth-order valence-corrected chi connectivity index (χ4v) is 0.953. The van der Waals surface area contributed by atoms with E-state index < -0.39 is 5.69 Å². The molecule has 0 aliphatic carbocycles. The van der Waals surface area contributed by atoms with Crippen LogP contribution in [0, 0.1) is 0 Å². The molecule has 0 atom stereocenters. The van der Waals surface area contributed by atoms with Crippen molar-refractivity contribution in [2.45, 2.75) is 6.92 Å². The fraction of sp³-hybridized carbons (Fsp3) is 0.375. The van der Waals surface area contributed by atoms with Crippen LogP contribution in [0.4, 0.5) is 5.82 Å². The highest BCUT2D eigenvalue weighted by atomic mass is 16.2. The van der Waals surface area contributed by atoms with Gasteiger partial charge in [-0.3, -0.25) is 19.4 Å². The third-order valence-corrected chi connectivity index (χ3v) is 1.77. The number of nitrogens with zero attached hydrogens (tertiary/aromatic N) is 3. The number of rotatable bonds is 2. The van der Waals surface area contributed by atoms with Crippen LogP contribution in [0.2, 0.25) is 0 Å². The quantitative estimate of drug-likeness (QED) is 0.512. The van der Waals surface area contributed by atoms with Crippen LogP contribution in [-0.2, 0) is 7.05 Å². The highest BCUT2D eigenvalue weighted by molar-refractivity contribution is 5.55. The summed E-state index contributed by atoms with van der Waals surface area (Å²) in [6.45, 7) is 1.75. The van der Waals surface area contributed by atoms with E-state index in [1.165, 1.54) is 18.1 Å². The Labute approximate surface area is 80.5 Å². The van der Waals surface area contributed by atoms with E-state index in [0.717, 1.165) is 4.57 Å². The molecule has 1 N–H and O–H groups in total. The van der Waals surface area contributed by atoms with Gasteiger partial charge in [0.2, 0.25) is 0 Å². The fourth-order valence-electron chi connectivity index (χ4n) is 0.953. The van der Waals surface area contributed by atoms with Gasteiger partial charge in [0.25, 0.3) is 5.56 Å². The normalized spacial score (nSPS) is 10.8. The highest BCUT2D eigenvalue weighted by Gasteiger charge is 2.03. The molecule has 0 radical (unpaired) electrons. The van der Waals surface area contributed by atoms with E-state index in [2.05, 4.69) is 10.1 Å². The largest absolute Gasteiger partial charge is 0.329 e. The SMILES string of the molecule is CC=NN(C)c1cc(=O)n(C)c(=O)[nH]1. The molecule has 0 saturated carbocycles. The topological polar surface area (TPSA) is 70.5 Å². The van der Waals surface area contributed by atoms with Gasteiger partial charge in [-0.25, -0.2) is 4.79 Å². The lowest BCUT2D eigenvalue weighted by Gasteiger charge is -2.11. The van der Waals surface area contributed by atoms with Gasteiger partial charge in [-0.1, -0.05) is 0 Å². The first-order chi connectivity index (χ1) is 6.56. The molecular weight excluding hydrogens is 184 g/mol. The number of hydrogen-bond acceptors (Lipinski definition) is 4. The zero-order chi connectivity index (χ0) is 10.7. The Hall–Kier alpha value is -1.85. The maximum Gasteiger partial charge on any atom is 0.329 e. The lowest BCUT2D eigenvalue weighted by atomic mass is 10.5. The predicted octanol–water partition coefficient (Wildman–Crippen LogP) is -0.484. The molecule has 0 fully saturated rings. The second-order valence-electron chi connectivity index (χ2n) is 2.75. The molecule has 1 heterocycles. The predicted molar refractivity (Wildman–Crippen MR) is 54.9 cm³/mol. The maximum absolute atomic E-state index is 11.2. The summed E-state index contributed by atoms with van der Waals surface area (Å²) in [5, 5.41) is 5.32. The third-order valence-electron chi connectivity index (χ3n) is 1.77. The first-order valence-corrected chi connectivity index (χ1v) is 4.09. The molecule has 1 aromatic rings. The van der Waals surface area contributed by atoms with Gasteiger partial charge >= 0.3 is 5.69 Å². The zero-order valence-corrected chi connectivity index (χ0v) is 8.31. The molecular formula is C8H12N4O2. The lowest BCUT2D eigenvalue weighted by Crippen LogP contribution is -2.33. The van der Waals surface area contributed by atoms with Gasteiger partial charge in [0.15, 0.2) is 0 Å². The Morgan fingerprint density at radius 2 is 2.21 bits per heavy atom. The molecule has 0 saturated heterocycles. The summed E-state index contributed by atoms with van der Waals surface area (Å²) in [5.74, 6) is 0.371. The van der Waals surface area contributed by atoms with E-state index in [0.29, 0.717) is 5.82 Å². The molecule has 0 bridgehead atoms. The van der Waals surface area contributed by atoms with E-state index in [-0.39, 0.29) is 5.56 Å². The van der Waals surface area contributed by atoms with Crippen molar-refractivity contribution < 1.29 is 0 Å². The van der Waals surface area contributed by atoms with Crippen LogP contribution < -0.4 is 16.3 Å². The third kappa shape index (κ3) is 1.90. The van der Waals surface area contributed by atoms with E-state index in [9.17, 15) is 9.59 Å². The molecule has 76 valence electrons. The van der Waals surface area contributed by atoms with Crippen molar-refractivity contribution in [3.63, 3.8) is 0 Å². The number of H-pyrrole nitrogens is 1. The molecule has 1 rings (SSSR count). The summed E-state index contributed by atoms with van der Waals surface area (Å²) in [6, 6.07) is 1.31. The van der Waals surface area contributed by atoms with Crippen molar-refractivity contribution in [1.29, 1.82) is 0 Å². The van der Waals surface area contributed by atoms with Gasteiger partial charge in [0.1, 0.15) is 5.82 Å². The standard InChI is InChI=1S/C8H12N4O2/c1-4-9-12(3)6-5-7(13)11(2)8(14)10-6/h4-5H,1-3H3,(H,10,14). The summed E-state index contributed by atoms with van der Waals surface area (Å²) >= 11 is 0. The molecule has 14 heavy (non-hydrogen) atoms. The maximum atomic E-state index is 11.2. The first-order valence-electron chi connectivity index (χ1n) is 4.09. The molecule has 0 aromatic carbocycles. The number of hydrazone groups is 1. The minimum absolute atomic E-state index is 0.359. The van der Waals surface area contributed by atoms with Gasteiger partial charge in [-0.05, 0) is 6.92 Å². The van der Waals surface area contributed by atoms with E-state index >= 15 is 0 Å². The molecule has 6 heteroatoms.